The van der Waals surface area contributed by atoms with E-state index < -0.39 is 11.9 Å². The highest BCUT2D eigenvalue weighted by atomic mass is 16.2. The molecule has 0 aliphatic carbocycles. The fraction of sp³-hybridized carbons (Fsp3) is 0.750. The van der Waals surface area contributed by atoms with Gasteiger partial charge in [0.05, 0.1) is 0 Å². The van der Waals surface area contributed by atoms with E-state index in [2.05, 4.69) is 17.1 Å². The maximum absolute atomic E-state index is 11.8. The number of amides is 4. The molecule has 0 aromatic carbocycles. The van der Waals surface area contributed by atoms with E-state index in [1.54, 1.807) is 0 Å². The van der Waals surface area contributed by atoms with Crippen LogP contribution in [0.4, 0.5) is 4.79 Å². The molecule has 2 aliphatic heterocycles. The average Bonchev–Trinajstić information content (AvgIpc) is 2.30. The molecule has 6 nitrogen and oxygen atoms in total. The number of carbonyl (C=O) groups excluding carboxylic acids is 3. The Kier molecular flexibility index (Phi) is 3.96. The van der Waals surface area contributed by atoms with Gasteiger partial charge >= 0.3 is 6.03 Å². The average molecular weight is 253 g/mol. The van der Waals surface area contributed by atoms with Crippen LogP contribution in [0, 0.1) is 0 Å². The molecule has 0 bridgehead atoms. The minimum atomic E-state index is -0.551. The van der Waals surface area contributed by atoms with Crippen molar-refractivity contribution in [2.45, 2.75) is 38.6 Å². The zero-order valence-corrected chi connectivity index (χ0v) is 10.6. The fourth-order valence-electron chi connectivity index (χ4n) is 2.65. The molecule has 2 heterocycles. The van der Waals surface area contributed by atoms with Crippen molar-refractivity contribution in [2.24, 2.45) is 0 Å². The van der Waals surface area contributed by atoms with E-state index in [0.717, 1.165) is 38.9 Å². The van der Waals surface area contributed by atoms with Crippen molar-refractivity contribution in [1.82, 2.24) is 15.1 Å². The van der Waals surface area contributed by atoms with Crippen LogP contribution in [-0.2, 0) is 9.59 Å². The predicted molar refractivity (Wildman–Crippen MR) is 64.8 cm³/mol. The second-order valence-corrected chi connectivity index (χ2v) is 4.87. The van der Waals surface area contributed by atoms with Crippen LogP contribution in [0.5, 0.6) is 0 Å². The molecule has 100 valence electrons. The van der Waals surface area contributed by atoms with Crippen molar-refractivity contribution in [1.29, 1.82) is 0 Å². The molecule has 0 aromatic rings. The summed E-state index contributed by atoms with van der Waals surface area (Å²) in [5.74, 6) is -0.859. The molecule has 6 heteroatoms. The molecular weight excluding hydrogens is 234 g/mol. The topological polar surface area (TPSA) is 69.7 Å². The standard InChI is InChI=1S/C12H19N3O3/c1-2-5-14-6-3-9(4-7-14)15-11(17)8-10(16)13-12(15)18/h9H,2-8H2,1H3,(H,13,16,18). The molecule has 0 aromatic heterocycles. The van der Waals surface area contributed by atoms with Crippen molar-refractivity contribution < 1.29 is 14.4 Å². The van der Waals surface area contributed by atoms with Gasteiger partial charge in [0, 0.05) is 19.1 Å². The molecule has 2 fully saturated rings. The van der Waals surface area contributed by atoms with Crippen LogP contribution in [0.3, 0.4) is 0 Å². The molecule has 0 unspecified atom stereocenters. The first-order valence-electron chi connectivity index (χ1n) is 6.50. The maximum atomic E-state index is 11.8. The highest BCUT2D eigenvalue weighted by Crippen LogP contribution is 2.19. The van der Waals surface area contributed by atoms with E-state index >= 15 is 0 Å². The van der Waals surface area contributed by atoms with Gasteiger partial charge in [0.2, 0.25) is 11.8 Å². The molecule has 0 spiro atoms. The SMILES string of the molecule is CCCN1CCC(N2C(=O)CC(=O)NC2=O)CC1. The second kappa shape index (κ2) is 5.48. The molecule has 2 rings (SSSR count). The summed E-state index contributed by atoms with van der Waals surface area (Å²) in [6.07, 6.45) is 2.50. The number of likely N-dealkylation sites (tertiary alicyclic amines) is 1. The summed E-state index contributed by atoms with van der Waals surface area (Å²) in [5.41, 5.74) is 0. The van der Waals surface area contributed by atoms with E-state index in [1.165, 1.54) is 4.90 Å². The van der Waals surface area contributed by atoms with Crippen LogP contribution < -0.4 is 5.32 Å². The molecular formula is C12H19N3O3. The van der Waals surface area contributed by atoms with Crippen LogP contribution in [0.1, 0.15) is 32.6 Å². The number of carbonyl (C=O) groups is 3. The van der Waals surface area contributed by atoms with Crippen molar-refractivity contribution in [2.75, 3.05) is 19.6 Å². The monoisotopic (exact) mass is 253 g/mol. The van der Waals surface area contributed by atoms with Gasteiger partial charge in [-0.05, 0) is 25.8 Å². The largest absolute Gasteiger partial charge is 0.331 e. The van der Waals surface area contributed by atoms with Crippen LogP contribution in [0.15, 0.2) is 0 Å². The summed E-state index contributed by atoms with van der Waals surface area (Å²) in [5, 5.41) is 2.21. The molecule has 2 aliphatic rings. The summed E-state index contributed by atoms with van der Waals surface area (Å²) >= 11 is 0. The van der Waals surface area contributed by atoms with Crippen molar-refractivity contribution in [3.63, 3.8) is 0 Å². The van der Waals surface area contributed by atoms with E-state index in [1.807, 2.05) is 0 Å². The zero-order chi connectivity index (χ0) is 13.1. The Morgan fingerprint density at radius 3 is 2.44 bits per heavy atom. The van der Waals surface area contributed by atoms with Crippen molar-refractivity contribution in [3.05, 3.63) is 0 Å². The lowest BCUT2D eigenvalue weighted by Gasteiger charge is -2.38. The minimum Gasteiger partial charge on any atom is -0.303 e. The van der Waals surface area contributed by atoms with Gasteiger partial charge in [0.15, 0.2) is 0 Å². The number of rotatable bonds is 3. The Hall–Kier alpha value is -1.43. The number of hydrogen-bond acceptors (Lipinski definition) is 4. The molecule has 0 atom stereocenters. The quantitative estimate of drug-likeness (QED) is 0.736. The Morgan fingerprint density at radius 1 is 1.22 bits per heavy atom. The van der Waals surface area contributed by atoms with Gasteiger partial charge in [0.25, 0.3) is 0 Å². The van der Waals surface area contributed by atoms with Gasteiger partial charge < -0.3 is 4.90 Å². The van der Waals surface area contributed by atoms with Crippen LogP contribution in [-0.4, -0.2) is 53.3 Å². The van der Waals surface area contributed by atoms with Gasteiger partial charge in [-0.15, -0.1) is 0 Å². The summed E-state index contributed by atoms with van der Waals surface area (Å²) in [6, 6.07) is -0.608. The summed E-state index contributed by atoms with van der Waals surface area (Å²) < 4.78 is 0. The lowest BCUT2D eigenvalue weighted by Crippen LogP contribution is -2.58. The summed E-state index contributed by atoms with van der Waals surface area (Å²) in [4.78, 5) is 38.1. The molecule has 0 saturated carbocycles. The Labute approximate surface area is 106 Å². The van der Waals surface area contributed by atoms with E-state index in [0.29, 0.717) is 0 Å². The number of imide groups is 2. The summed E-state index contributed by atoms with van der Waals surface area (Å²) in [6.45, 7) is 5.01. The third-order valence-electron chi connectivity index (χ3n) is 3.51. The first kappa shape index (κ1) is 13.0. The van der Waals surface area contributed by atoms with E-state index in [4.69, 9.17) is 0 Å². The van der Waals surface area contributed by atoms with Crippen LogP contribution in [0.2, 0.25) is 0 Å². The lowest BCUT2D eigenvalue weighted by molar-refractivity contribution is -0.138. The minimum absolute atomic E-state index is 0.0568. The molecule has 0 radical (unpaired) electrons. The first-order chi connectivity index (χ1) is 8.61. The normalized spacial score (nSPS) is 23.4. The second-order valence-electron chi connectivity index (χ2n) is 4.87. The van der Waals surface area contributed by atoms with Gasteiger partial charge in [-0.25, -0.2) is 4.79 Å². The lowest BCUT2D eigenvalue weighted by atomic mass is 10.0. The number of hydrogen-bond donors (Lipinski definition) is 1. The number of barbiturate groups is 1. The molecule has 1 N–H and O–H groups in total. The fourth-order valence-corrected chi connectivity index (χ4v) is 2.65. The summed E-state index contributed by atoms with van der Waals surface area (Å²) in [7, 11) is 0. The number of piperidine rings is 1. The van der Waals surface area contributed by atoms with Gasteiger partial charge in [-0.3, -0.25) is 19.8 Å². The van der Waals surface area contributed by atoms with E-state index in [9.17, 15) is 14.4 Å². The third-order valence-corrected chi connectivity index (χ3v) is 3.51. The Bertz CT molecular complexity index is 342. The van der Waals surface area contributed by atoms with Gasteiger partial charge in [0.1, 0.15) is 6.42 Å². The number of nitrogens with one attached hydrogen (secondary N) is 1. The maximum Gasteiger partial charge on any atom is 0.331 e. The zero-order valence-electron chi connectivity index (χ0n) is 10.6. The smallest absolute Gasteiger partial charge is 0.303 e. The molecule has 2 saturated heterocycles. The first-order valence-corrected chi connectivity index (χ1v) is 6.50. The molecule has 4 amide bonds. The van der Waals surface area contributed by atoms with Crippen LogP contribution >= 0.6 is 0 Å². The van der Waals surface area contributed by atoms with E-state index in [-0.39, 0.29) is 18.4 Å². The third kappa shape index (κ3) is 2.69. The predicted octanol–water partition coefficient (Wildman–Crippen LogP) is 0.329. The highest BCUT2D eigenvalue weighted by molar-refractivity contribution is 6.14. The Morgan fingerprint density at radius 2 is 1.89 bits per heavy atom. The highest BCUT2D eigenvalue weighted by Gasteiger charge is 2.37. The van der Waals surface area contributed by atoms with Gasteiger partial charge in [-0.2, -0.15) is 0 Å². The van der Waals surface area contributed by atoms with Crippen molar-refractivity contribution in [3.8, 4) is 0 Å². The number of urea groups is 1. The number of nitrogens with zero attached hydrogens (tertiary/aromatic N) is 2. The van der Waals surface area contributed by atoms with Crippen molar-refractivity contribution >= 4 is 17.8 Å². The molecule has 18 heavy (non-hydrogen) atoms. The van der Waals surface area contributed by atoms with Crippen LogP contribution in [0.25, 0.3) is 0 Å². The van der Waals surface area contributed by atoms with Gasteiger partial charge in [-0.1, -0.05) is 6.92 Å². The Balaban J connectivity index is 1.94.